The number of hydrogen-bond acceptors (Lipinski definition) is 1. The number of aryl methyl sites for hydroxylation is 1. The summed E-state index contributed by atoms with van der Waals surface area (Å²) in [7, 11) is 0. The van der Waals surface area contributed by atoms with Crippen LogP contribution in [0.3, 0.4) is 0 Å². The van der Waals surface area contributed by atoms with E-state index in [1.807, 2.05) is 31.2 Å². The Labute approximate surface area is 107 Å². The molecule has 2 rings (SSSR count). The van der Waals surface area contributed by atoms with Crippen molar-refractivity contribution in [2.45, 2.75) is 26.2 Å². The molecule has 0 aliphatic rings. The number of halogens is 1. The van der Waals surface area contributed by atoms with Gasteiger partial charge in [-0.15, -0.1) is 11.6 Å². The van der Waals surface area contributed by atoms with Crippen molar-refractivity contribution < 1.29 is 5.11 Å². The molecule has 2 aromatic rings. The van der Waals surface area contributed by atoms with Gasteiger partial charge in [0.25, 0.3) is 0 Å². The van der Waals surface area contributed by atoms with Gasteiger partial charge in [0.05, 0.1) is 0 Å². The molecule has 0 amide bonds. The van der Waals surface area contributed by atoms with Crippen LogP contribution in [0, 0.1) is 6.92 Å². The van der Waals surface area contributed by atoms with Gasteiger partial charge in [-0.2, -0.15) is 0 Å². The highest BCUT2D eigenvalue weighted by Crippen LogP contribution is 2.36. The van der Waals surface area contributed by atoms with Gasteiger partial charge in [-0.25, -0.2) is 0 Å². The first-order valence-electron chi connectivity index (χ1n) is 5.96. The molecule has 1 nitrogen and oxygen atoms in total. The maximum atomic E-state index is 9.97. The molecule has 0 saturated carbocycles. The van der Waals surface area contributed by atoms with Gasteiger partial charge >= 0.3 is 0 Å². The molecule has 0 saturated heterocycles. The number of benzene rings is 2. The zero-order valence-corrected chi connectivity index (χ0v) is 11.0. The van der Waals surface area contributed by atoms with Crippen LogP contribution in [0.4, 0.5) is 0 Å². The van der Waals surface area contributed by atoms with Crippen molar-refractivity contribution in [3.8, 4) is 5.75 Å². The Morgan fingerprint density at radius 2 is 1.88 bits per heavy atom. The highest BCUT2D eigenvalue weighted by atomic mass is 35.5. The van der Waals surface area contributed by atoms with Crippen LogP contribution in [0.2, 0.25) is 0 Å². The smallest absolute Gasteiger partial charge is 0.123 e. The minimum atomic E-state index is 0.349. The van der Waals surface area contributed by atoms with Crippen LogP contribution in [0.15, 0.2) is 30.3 Å². The summed E-state index contributed by atoms with van der Waals surface area (Å²) in [5.41, 5.74) is 2.39. The molecular formula is C15H17ClO. The molecule has 1 atom stereocenters. The van der Waals surface area contributed by atoms with Crippen molar-refractivity contribution >= 4 is 22.4 Å². The SMILES string of the molecule is CCC(CCl)c1c(C)cc(O)c2ccccc12. The van der Waals surface area contributed by atoms with E-state index < -0.39 is 0 Å². The largest absolute Gasteiger partial charge is 0.507 e. The number of phenols is 1. The van der Waals surface area contributed by atoms with E-state index in [4.69, 9.17) is 11.6 Å². The first-order valence-corrected chi connectivity index (χ1v) is 6.49. The lowest BCUT2D eigenvalue weighted by atomic mass is 9.89. The van der Waals surface area contributed by atoms with Crippen LogP contribution >= 0.6 is 11.6 Å². The van der Waals surface area contributed by atoms with Gasteiger partial charge in [-0.1, -0.05) is 31.2 Å². The number of alkyl halides is 1. The zero-order valence-electron chi connectivity index (χ0n) is 10.2. The Kier molecular flexibility index (Phi) is 3.58. The van der Waals surface area contributed by atoms with E-state index in [-0.39, 0.29) is 0 Å². The molecule has 0 aromatic heterocycles. The Bertz CT molecular complexity index is 530. The molecule has 0 fully saturated rings. The summed E-state index contributed by atoms with van der Waals surface area (Å²) in [5.74, 6) is 1.32. The summed E-state index contributed by atoms with van der Waals surface area (Å²) in [4.78, 5) is 0. The average Bonchev–Trinajstić information content (AvgIpc) is 2.34. The molecule has 0 spiro atoms. The monoisotopic (exact) mass is 248 g/mol. The third kappa shape index (κ3) is 2.12. The maximum Gasteiger partial charge on any atom is 0.123 e. The van der Waals surface area contributed by atoms with Crippen LogP contribution < -0.4 is 0 Å². The van der Waals surface area contributed by atoms with E-state index in [0.717, 1.165) is 22.8 Å². The van der Waals surface area contributed by atoms with Crippen molar-refractivity contribution in [1.82, 2.24) is 0 Å². The lowest BCUT2D eigenvalue weighted by Crippen LogP contribution is -2.02. The average molecular weight is 249 g/mol. The standard InChI is InChI=1S/C15H17ClO/c1-3-11(9-16)15-10(2)8-14(17)12-6-4-5-7-13(12)15/h4-8,11,17H,3,9H2,1-2H3. The highest BCUT2D eigenvalue weighted by Gasteiger charge is 2.16. The molecule has 2 aromatic carbocycles. The van der Waals surface area contributed by atoms with Crippen molar-refractivity contribution in [2.75, 3.05) is 5.88 Å². The van der Waals surface area contributed by atoms with Crippen molar-refractivity contribution in [3.63, 3.8) is 0 Å². The first kappa shape index (κ1) is 12.3. The number of fused-ring (bicyclic) bond motifs is 1. The lowest BCUT2D eigenvalue weighted by Gasteiger charge is -2.18. The summed E-state index contributed by atoms with van der Waals surface area (Å²) in [6.45, 7) is 4.19. The van der Waals surface area contributed by atoms with Crippen molar-refractivity contribution in [1.29, 1.82) is 0 Å². The fraction of sp³-hybridized carbons (Fsp3) is 0.333. The molecule has 1 N–H and O–H groups in total. The van der Waals surface area contributed by atoms with Gasteiger partial charge in [0.2, 0.25) is 0 Å². The van der Waals surface area contributed by atoms with E-state index in [2.05, 4.69) is 13.0 Å². The summed E-state index contributed by atoms with van der Waals surface area (Å²) in [6, 6.07) is 9.81. The first-order chi connectivity index (χ1) is 8.19. The normalized spacial score (nSPS) is 12.9. The quantitative estimate of drug-likeness (QED) is 0.788. The van der Waals surface area contributed by atoms with Gasteiger partial charge in [0.1, 0.15) is 5.75 Å². The minimum absolute atomic E-state index is 0.349. The third-order valence-electron chi connectivity index (χ3n) is 3.36. The summed E-state index contributed by atoms with van der Waals surface area (Å²) >= 11 is 6.05. The molecule has 0 bridgehead atoms. The molecule has 17 heavy (non-hydrogen) atoms. The molecule has 0 aliphatic carbocycles. The second-order valence-electron chi connectivity index (χ2n) is 4.43. The summed E-state index contributed by atoms with van der Waals surface area (Å²) < 4.78 is 0. The third-order valence-corrected chi connectivity index (χ3v) is 3.73. The fourth-order valence-electron chi connectivity index (χ4n) is 2.45. The second-order valence-corrected chi connectivity index (χ2v) is 4.74. The van der Waals surface area contributed by atoms with Crippen LogP contribution in [0.5, 0.6) is 5.75 Å². The van der Waals surface area contributed by atoms with Crippen LogP contribution in [-0.4, -0.2) is 11.0 Å². The minimum Gasteiger partial charge on any atom is -0.507 e. The van der Waals surface area contributed by atoms with E-state index in [1.54, 1.807) is 0 Å². The van der Waals surface area contributed by atoms with Gasteiger partial charge < -0.3 is 5.11 Å². The maximum absolute atomic E-state index is 9.97. The van der Waals surface area contributed by atoms with Crippen LogP contribution in [0.25, 0.3) is 10.8 Å². The van der Waals surface area contributed by atoms with Crippen LogP contribution in [-0.2, 0) is 0 Å². The molecule has 0 aliphatic heterocycles. The number of aromatic hydroxyl groups is 1. The molecular weight excluding hydrogens is 232 g/mol. The Hall–Kier alpha value is -1.21. The Morgan fingerprint density at radius 3 is 2.47 bits per heavy atom. The second kappa shape index (κ2) is 4.97. The molecule has 90 valence electrons. The van der Waals surface area contributed by atoms with Crippen molar-refractivity contribution in [2.24, 2.45) is 0 Å². The Balaban J connectivity index is 2.77. The predicted octanol–water partition coefficient (Wildman–Crippen LogP) is 4.59. The molecule has 1 unspecified atom stereocenters. The Morgan fingerprint density at radius 1 is 1.24 bits per heavy atom. The van der Waals surface area contributed by atoms with Crippen LogP contribution in [0.1, 0.15) is 30.4 Å². The molecule has 0 heterocycles. The van der Waals surface area contributed by atoms with Gasteiger partial charge in [-0.05, 0) is 41.8 Å². The number of phenolic OH excluding ortho intramolecular Hbond substituents is 1. The van der Waals surface area contributed by atoms with E-state index in [9.17, 15) is 5.11 Å². The topological polar surface area (TPSA) is 20.2 Å². The summed E-state index contributed by atoms with van der Waals surface area (Å²) in [6.07, 6.45) is 1.01. The predicted molar refractivity (Wildman–Crippen MR) is 74.1 cm³/mol. The van der Waals surface area contributed by atoms with E-state index in [0.29, 0.717) is 17.5 Å². The molecule has 0 radical (unpaired) electrons. The number of hydrogen-bond donors (Lipinski definition) is 1. The van der Waals surface area contributed by atoms with Crippen molar-refractivity contribution in [3.05, 3.63) is 41.5 Å². The van der Waals surface area contributed by atoms with Gasteiger partial charge in [0.15, 0.2) is 0 Å². The molecule has 2 heteroatoms. The zero-order chi connectivity index (χ0) is 12.4. The number of rotatable bonds is 3. The highest BCUT2D eigenvalue weighted by molar-refractivity contribution is 6.18. The van der Waals surface area contributed by atoms with Gasteiger partial charge in [-0.3, -0.25) is 0 Å². The summed E-state index contributed by atoms with van der Waals surface area (Å²) in [5, 5.41) is 12.0. The lowest BCUT2D eigenvalue weighted by molar-refractivity contribution is 0.481. The van der Waals surface area contributed by atoms with Gasteiger partial charge in [0, 0.05) is 11.3 Å². The van der Waals surface area contributed by atoms with E-state index >= 15 is 0 Å². The fourth-order valence-corrected chi connectivity index (χ4v) is 2.82. The van der Waals surface area contributed by atoms with E-state index in [1.165, 1.54) is 5.56 Å².